The molecular weight excluding hydrogens is 280 g/mol. The molecule has 21 heavy (non-hydrogen) atoms. The Balaban J connectivity index is 2.33. The van der Waals surface area contributed by atoms with Gasteiger partial charge in [-0.15, -0.1) is 0 Å². The van der Waals surface area contributed by atoms with E-state index in [1.54, 1.807) is 4.90 Å². The summed E-state index contributed by atoms with van der Waals surface area (Å²) in [5.41, 5.74) is -0.763. The van der Waals surface area contributed by atoms with Gasteiger partial charge in [0.2, 0.25) is 0 Å². The van der Waals surface area contributed by atoms with E-state index in [1.807, 2.05) is 13.8 Å². The number of hydrogen-bond acceptors (Lipinski definition) is 4. The van der Waals surface area contributed by atoms with Crippen molar-refractivity contribution in [1.82, 2.24) is 5.32 Å². The highest BCUT2D eigenvalue weighted by Gasteiger charge is 2.26. The number of benzene rings is 1. The van der Waals surface area contributed by atoms with Crippen LogP contribution in [0.5, 0.6) is 0 Å². The monoisotopic (exact) mass is 299 g/mol. The second-order valence-electron chi connectivity index (χ2n) is 5.55. The molecule has 7 heteroatoms. The van der Waals surface area contributed by atoms with E-state index in [0.29, 0.717) is 6.54 Å². The molecule has 2 rings (SSSR count). The molecule has 0 saturated carbocycles. The predicted octanol–water partition coefficient (Wildman–Crippen LogP) is 2.84. The quantitative estimate of drug-likeness (QED) is 0.671. The molecule has 1 N–H and O–H groups in total. The fourth-order valence-corrected chi connectivity index (χ4v) is 2.64. The Morgan fingerprint density at radius 3 is 2.48 bits per heavy atom. The predicted molar refractivity (Wildman–Crippen MR) is 76.5 cm³/mol. The summed E-state index contributed by atoms with van der Waals surface area (Å²) in [7, 11) is 0. The van der Waals surface area contributed by atoms with Gasteiger partial charge in [0.1, 0.15) is 5.69 Å². The third-order valence-corrected chi connectivity index (χ3v) is 3.70. The van der Waals surface area contributed by atoms with Crippen LogP contribution in [0.15, 0.2) is 12.1 Å². The second-order valence-corrected chi connectivity index (χ2v) is 5.55. The molecule has 0 amide bonds. The summed E-state index contributed by atoms with van der Waals surface area (Å²) in [5.74, 6) is -1.79. The molecule has 0 spiro atoms. The van der Waals surface area contributed by atoms with Gasteiger partial charge in [0, 0.05) is 18.6 Å². The van der Waals surface area contributed by atoms with Crippen LogP contribution in [-0.4, -0.2) is 30.1 Å². The van der Waals surface area contributed by atoms with E-state index >= 15 is 0 Å². The molecule has 1 unspecified atom stereocenters. The Labute approximate surface area is 122 Å². The van der Waals surface area contributed by atoms with Crippen LogP contribution in [0.2, 0.25) is 0 Å². The Hall–Kier alpha value is -1.76. The van der Waals surface area contributed by atoms with Gasteiger partial charge in [-0.2, -0.15) is 0 Å². The largest absolute Gasteiger partial charge is 0.363 e. The van der Waals surface area contributed by atoms with Crippen molar-refractivity contribution >= 4 is 11.4 Å². The number of nitrogens with zero attached hydrogens (tertiary/aromatic N) is 2. The van der Waals surface area contributed by atoms with Crippen LogP contribution in [-0.2, 0) is 0 Å². The molecule has 5 nitrogen and oxygen atoms in total. The fraction of sp³-hybridized carbons (Fsp3) is 0.571. The molecule has 116 valence electrons. The summed E-state index contributed by atoms with van der Waals surface area (Å²) in [4.78, 5) is 11.5. The first-order valence-electron chi connectivity index (χ1n) is 7.03. The molecule has 0 aliphatic carbocycles. The van der Waals surface area contributed by atoms with Crippen molar-refractivity contribution in [3.63, 3.8) is 0 Å². The maximum Gasteiger partial charge on any atom is 0.275 e. The number of non-ortho nitro benzene ring substituents is 1. The van der Waals surface area contributed by atoms with Crippen molar-refractivity contribution in [3.8, 4) is 0 Å². The first-order valence-corrected chi connectivity index (χ1v) is 7.03. The van der Waals surface area contributed by atoms with E-state index in [1.165, 1.54) is 0 Å². The second kappa shape index (κ2) is 6.34. The highest BCUT2D eigenvalue weighted by atomic mass is 19.1. The molecule has 1 heterocycles. The minimum atomic E-state index is -0.895. The number of nitro benzene ring substituents is 1. The molecule has 1 aromatic carbocycles. The normalized spacial score (nSPS) is 18.2. The molecule has 1 aromatic rings. The van der Waals surface area contributed by atoms with Gasteiger partial charge < -0.3 is 10.2 Å². The molecule has 0 aromatic heterocycles. The van der Waals surface area contributed by atoms with Gasteiger partial charge >= 0.3 is 0 Å². The number of hydrogen-bond donors (Lipinski definition) is 1. The van der Waals surface area contributed by atoms with Crippen molar-refractivity contribution in [2.24, 2.45) is 0 Å². The van der Waals surface area contributed by atoms with Crippen LogP contribution in [0.4, 0.5) is 20.2 Å². The molecule has 1 fully saturated rings. The summed E-state index contributed by atoms with van der Waals surface area (Å²) in [6.45, 7) is 5.07. The van der Waals surface area contributed by atoms with E-state index in [4.69, 9.17) is 0 Å². The lowest BCUT2D eigenvalue weighted by Gasteiger charge is -2.32. The Morgan fingerprint density at radius 1 is 1.43 bits per heavy atom. The number of nitrogens with one attached hydrogen (secondary N) is 1. The summed E-state index contributed by atoms with van der Waals surface area (Å²) >= 11 is 0. The standard InChI is InChI=1S/C14H19F2N3O2/c1-9(2)18(8-10-4-3-5-17-10)14-12(15)6-11(19(20)21)7-13(14)16/h6-7,9-10,17H,3-5,8H2,1-2H3. The molecular formula is C14H19F2N3O2. The number of halogens is 2. The number of rotatable bonds is 5. The summed E-state index contributed by atoms with van der Waals surface area (Å²) in [5, 5.41) is 13.9. The van der Waals surface area contributed by atoms with Crippen LogP contribution in [0.25, 0.3) is 0 Å². The van der Waals surface area contributed by atoms with Crippen LogP contribution in [0, 0.1) is 21.7 Å². The lowest BCUT2D eigenvalue weighted by Crippen LogP contribution is -2.42. The van der Waals surface area contributed by atoms with Gasteiger partial charge in [-0.1, -0.05) is 0 Å². The van der Waals surface area contributed by atoms with Crippen LogP contribution >= 0.6 is 0 Å². The molecule has 0 bridgehead atoms. The van der Waals surface area contributed by atoms with Crippen LogP contribution in [0.3, 0.4) is 0 Å². The first-order chi connectivity index (χ1) is 9.90. The summed E-state index contributed by atoms with van der Waals surface area (Å²) in [6, 6.07) is 1.62. The topological polar surface area (TPSA) is 58.4 Å². The maximum absolute atomic E-state index is 14.1. The smallest absolute Gasteiger partial charge is 0.275 e. The van der Waals surface area contributed by atoms with Crippen LogP contribution in [0.1, 0.15) is 26.7 Å². The number of anilines is 1. The summed E-state index contributed by atoms with van der Waals surface area (Å²) < 4.78 is 28.3. The molecule has 0 radical (unpaired) electrons. The van der Waals surface area contributed by atoms with Crippen molar-refractivity contribution in [2.75, 3.05) is 18.0 Å². The van der Waals surface area contributed by atoms with Gasteiger partial charge in [-0.05, 0) is 33.2 Å². The Morgan fingerprint density at radius 2 is 2.05 bits per heavy atom. The van der Waals surface area contributed by atoms with E-state index in [2.05, 4.69) is 5.32 Å². The minimum absolute atomic E-state index is 0.113. The van der Waals surface area contributed by atoms with Crippen LogP contribution < -0.4 is 10.2 Å². The van der Waals surface area contributed by atoms with Gasteiger partial charge in [0.05, 0.1) is 17.1 Å². The Bertz CT molecular complexity index is 508. The maximum atomic E-state index is 14.1. The van der Waals surface area contributed by atoms with E-state index < -0.39 is 22.2 Å². The zero-order valence-corrected chi connectivity index (χ0v) is 12.1. The van der Waals surface area contributed by atoms with E-state index in [9.17, 15) is 18.9 Å². The molecule has 1 aliphatic rings. The molecule has 1 aliphatic heterocycles. The van der Waals surface area contributed by atoms with Gasteiger partial charge in [0.15, 0.2) is 11.6 Å². The van der Waals surface area contributed by atoms with E-state index in [-0.39, 0.29) is 17.8 Å². The lowest BCUT2D eigenvalue weighted by atomic mass is 10.1. The zero-order valence-electron chi connectivity index (χ0n) is 12.1. The molecule has 1 saturated heterocycles. The average molecular weight is 299 g/mol. The minimum Gasteiger partial charge on any atom is -0.363 e. The van der Waals surface area contributed by atoms with Crippen molar-refractivity contribution < 1.29 is 13.7 Å². The lowest BCUT2D eigenvalue weighted by molar-refractivity contribution is -0.385. The van der Waals surface area contributed by atoms with Crippen molar-refractivity contribution in [3.05, 3.63) is 33.9 Å². The third kappa shape index (κ3) is 3.47. The molecule has 1 atom stereocenters. The Kier molecular flexibility index (Phi) is 4.72. The van der Waals surface area contributed by atoms with Crippen molar-refractivity contribution in [2.45, 2.75) is 38.8 Å². The average Bonchev–Trinajstić information content (AvgIpc) is 2.89. The fourth-order valence-electron chi connectivity index (χ4n) is 2.64. The summed E-state index contributed by atoms with van der Waals surface area (Å²) in [6.07, 6.45) is 2.00. The first kappa shape index (κ1) is 15.6. The third-order valence-electron chi connectivity index (χ3n) is 3.70. The van der Waals surface area contributed by atoms with Gasteiger partial charge in [-0.25, -0.2) is 8.78 Å². The highest BCUT2D eigenvalue weighted by molar-refractivity contribution is 5.54. The SMILES string of the molecule is CC(C)N(CC1CCCN1)c1c(F)cc([N+](=O)[O-])cc1F. The van der Waals surface area contributed by atoms with Gasteiger partial charge in [-0.3, -0.25) is 10.1 Å². The zero-order chi connectivity index (χ0) is 15.6. The van der Waals surface area contributed by atoms with Gasteiger partial charge in [0.25, 0.3) is 5.69 Å². The van der Waals surface area contributed by atoms with Crippen molar-refractivity contribution in [1.29, 1.82) is 0 Å². The van der Waals surface area contributed by atoms with E-state index in [0.717, 1.165) is 31.5 Å². The number of nitro groups is 1. The highest BCUT2D eigenvalue weighted by Crippen LogP contribution is 2.30.